The van der Waals surface area contributed by atoms with Crippen molar-refractivity contribution >= 4 is 11.8 Å². The zero-order valence-electron chi connectivity index (χ0n) is 12.5. The molecule has 1 aromatic carbocycles. The molecule has 0 spiro atoms. The van der Waals surface area contributed by atoms with Crippen LogP contribution in [0, 0.1) is 0 Å². The molecule has 2 heterocycles. The maximum absolute atomic E-state index is 13.4. The first kappa shape index (κ1) is 16.2. The van der Waals surface area contributed by atoms with E-state index in [4.69, 9.17) is 9.84 Å². The van der Waals surface area contributed by atoms with Gasteiger partial charge in [-0.25, -0.2) is 9.48 Å². The van der Waals surface area contributed by atoms with Gasteiger partial charge in [-0.3, -0.25) is 0 Å². The molecule has 0 bridgehead atoms. The normalized spacial score (nSPS) is 20.2. The van der Waals surface area contributed by atoms with E-state index in [1.54, 1.807) is 24.3 Å². The maximum Gasteiger partial charge on any atom is 0.410 e. The molecule has 2 N–H and O–H groups in total. The summed E-state index contributed by atoms with van der Waals surface area (Å²) >= 11 is 0. The average molecular weight is 341 g/mol. The van der Waals surface area contributed by atoms with Gasteiger partial charge in [-0.1, -0.05) is 12.1 Å². The van der Waals surface area contributed by atoms with Crippen molar-refractivity contribution in [3.05, 3.63) is 41.6 Å². The summed E-state index contributed by atoms with van der Waals surface area (Å²) in [6.07, 6.45) is -4.85. The van der Waals surface area contributed by atoms with Crippen LogP contribution in [0.25, 0.3) is 0 Å². The van der Waals surface area contributed by atoms with Crippen LogP contribution in [0.4, 0.5) is 19.0 Å². The molecule has 0 saturated heterocycles. The van der Waals surface area contributed by atoms with E-state index in [2.05, 4.69) is 10.4 Å². The van der Waals surface area contributed by atoms with Crippen LogP contribution in [0.15, 0.2) is 30.3 Å². The largest absolute Gasteiger partial charge is 0.497 e. The first-order chi connectivity index (χ1) is 11.3. The van der Waals surface area contributed by atoms with Crippen molar-refractivity contribution in [3.63, 3.8) is 0 Å². The minimum atomic E-state index is -4.55. The van der Waals surface area contributed by atoms with Crippen molar-refractivity contribution in [1.29, 1.82) is 0 Å². The number of nitrogens with one attached hydrogen (secondary N) is 1. The Balaban J connectivity index is 2.02. The van der Waals surface area contributed by atoms with E-state index in [0.717, 1.165) is 6.07 Å². The van der Waals surface area contributed by atoms with Crippen LogP contribution in [-0.4, -0.2) is 34.1 Å². The van der Waals surface area contributed by atoms with E-state index in [1.165, 1.54) is 7.11 Å². The second kappa shape index (κ2) is 5.73. The van der Waals surface area contributed by atoms with Crippen LogP contribution in [0.2, 0.25) is 0 Å². The minimum absolute atomic E-state index is 0.0220. The minimum Gasteiger partial charge on any atom is -0.497 e. The van der Waals surface area contributed by atoms with Gasteiger partial charge in [0.1, 0.15) is 11.6 Å². The number of carbonyl (C=O) groups is 1. The predicted octanol–water partition coefficient (Wildman–Crippen LogP) is 3.25. The molecule has 0 fully saturated rings. The predicted molar refractivity (Wildman–Crippen MR) is 78.3 cm³/mol. The quantitative estimate of drug-likeness (QED) is 0.896. The third-order valence-corrected chi connectivity index (χ3v) is 3.91. The van der Waals surface area contributed by atoms with Crippen LogP contribution in [0.5, 0.6) is 5.75 Å². The molecule has 0 unspecified atom stereocenters. The van der Waals surface area contributed by atoms with Gasteiger partial charge in [0.25, 0.3) is 0 Å². The second-order valence-electron chi connectivity index (χ2n) is 5.43. The van der Waals surface area contributed by atoms with Gasteiger partial charge in [-0.05, 0) is 17.7 Å². The molecule has 24 heavy (non-hydrogen) atoms. The molecule has 2 atom stereocenters. The molecule has 1 aliphatic rings. The highest BCUT2D eigenvalue weighted by Crippen LogP contribution is 2.43. The Kier molecular flexibility index (Phi) is 3.86. The van der Waals surface area contributed by atoms with E-state index in [-0.39, 0.29) is 12.2 Å². The number of carboxylic acid groups (broad SMARTS) is 1. The first-order valence-electron chi connectivity index (χ1n) is 7.09. The van der Waals surface area contributed by atoms with Crippen LogP contribution in [0.1, 0.15) is 34.6 Å². The van der Waals surface area contributed by atoms with Crippen molar-refractivity contribution in [2.24, 2.45) is 0 Å². The molecule has 9 heteroatoms. The standard InChI is InChI=1S/C15H14F3N3O3/c1-24-9-4-2-3-8(5-9)10-6-12(15(16,17)18)21-13(19-10)7-11(20-21)14(22)23/h2-5,7,10,12,19H,6H2,1H3,(H,22,23)/t10-,12-/m1/s1. The van der Waals surface area contributed by atoms with Gasteiger partial charge in [-0.15, -0.1) is 0 Å². The molecule has 128 valence electrons. The maximum atomic E-state index is 13.4. The summed E-state index contributed by atoms with van der Waals surface area (Å²) in [7, 11) is 1.47. The Bertz CT molecular complexity index is 773. The molecular formula is C15H14F3N3O3. The smallest absolute Gasteiger partial charge is 0.410 e. The Morgan fingerprint density at radius 1 is 1.42 bits per heavy atom. The van der Waals surface area contributed by atoms with Gasteiger partial charge < -0.3 is 15.2 Å². The number of hydrogen-bond donors (Lipinski definition) is 2. The lowest BCUT2D eigenvalue weighted by Gasteiger charge is -2.33. The lowest BCUT2D eigenvalue weighted by Crippen LogP contribution is -2.35. The lowest BCUT2D eigenvalue weighted by molar-refractivity contribution is -0.173. The van der Waals surface area contributed by atoms with Crippen LogP contribution in [-0.2, 0) is 0 Å². The van der Waals surface area contributed by atoms with Gasteiger partial charge in [-0.2, -0.15) is 18.3 Å². The molecule has 3 rings (SSSR count). The number of carboxylic acids is 1. The highest BCUT2D eigenvalue weighted by atomic mass is 19.4. The van der Waals surface area contributed by atoms with Gasteiger partial charge in [0.05, 0.1) is 13.2 Å². The summed E-state index contributed by atoms with van der Waals surface area (Å²) in [5, 5.41) is 15.5. The zero-order valence-corrected chi connectivity index (χ0v) is 12.5. The number of fused-ring (bicyclic) bond motifs is 1. The first-order valence-corrected chi connectivity index (χ1v) is 7.09. The van der Waals surface area contributed by atoms with E-state index in [9.17, 15) is 18.0 Å². The fourth-order valence-electron chi connectivity index (χ4n) is 2.75. The summed E-state index contributed by atoms with van der Waals surface area (Å²) in [6, 6.07) is 5.28. The number of aromatic nitrogens is 2. The fourth-order valence-corrected chi connectivity index (χ4v) is 2.75. The zero-order chi connectivity index (χ0) is 17.5. The summed E-state index contributed by atoms with van der Waals surface area (Å²) in [4.78, 5) is 11.0. The van der Waals surface area contributed by atoms with E-state index in [1.807, 2.05) is 0 Å². The second-order valence-corrected chi connectivity index (χ2v) is 5.43. The van der Waals surface area contributed by atoms with Crippen LogP contribution < -0.4 is 10.1 Å². The van der Waals surface area contributed by atoms with Crippen molar-refractivity contribution < 1.29 is 27.8 Å². The van der Waals surface area contributed by atoms with Crippen LogP contribution >= 0.6 is 0 Å². The number of alkyl halides is 3. The lowest BCUT2D eigenvalue weighted by atomic mass is 9.97. The summed E-state index contributed by atoms with van der Waals surface area (Å²) in [6.45, 7) is 0. The van der Waals surface area contributed by atoms with Gasteiger partial charge in [0, 0.05) is 12.5 Å². The number of benzene rings is 1. The van der Waals surface area contributed by atoms with Crippen molar-refractivity contribution in [1.82, 2.24) is 9.78 Å². The Morgan fingerprint density at radius 3 is 2.79 bits per heavy atom. The molecule has 1 aliphatic heterocycles. The highest BCUT2D eigenvalue weighted by Gasteiger charge is 2.46. The van der Waals surface area contributed by atoms with Gasteiger partial charge in [0.2, 0.25) is 0 Å². The number of aromatic carboxylic acids is 1. The van der Waals surface area contributed by atoms with Crippen molar-refractivity contribution in [2.75, 3.05) is 12.4 Å². The molecule has 6 nitrogen and oxygen atoms in total. The summed E-state index contributed by atoms with van der Waals surface area (Å²) in [5.41, 5.74) is 0.186. The third-order valence-electron chi connectivity index (χ3n) is 3.91. The number of hydrogen-bond acceptors (Lipinski definition) is 4. The van der Waals surface area contributed by atoms with Crippen LogP contribution in [0.3, 0.4) is 0 Å². The number of ether oxygens (including phenoxy) is 1. The molecule has 2 aromatic rings. The monoisotopic (exact) mass is 341 g/mol. The summed E-state index contributed by atoms with van der Waals surface area (Å²) < 4.78 is 46.0. The Hall–Kier alpha value is -2.71. The number of rotatable bonds is 3. The van der Waals surface area contributed by atoms with E-state index < -0.39 is 29.9 Å². The number of nitrogens with zero attached hydrogens (tertiary/aromatic N) is 2. The molecule has 0 radical (unpaired) electrons. The van der Waals surface area contributed by atoms with Crippen molar-refractivity contribution in [3.8, 4) is 5.75 Å². The van der Waals surface area contributed by atoms with Gasteiger partial charge in [0.15, 0.2) is 11.7 Å². The molecule has 0 aliphatic carbocycles. The van der Waals surface area contributed by atoms with E-state index in [0.29, 0.717) is 16.0 Å². The average Bonchev–Trinajstić information content (AvgIpc) is 2.97. The summed E-state index contributed by atoms with van der Waals surface area (Å²) in [5.74, 6) is -0.825. The Labute approximate surface area is 134 Å². The molecule has 1 aromatic heterocycles. The Morgan fingerprint density at radius 2 is 2.17 bits per heavy atom. The van der Waals surface area contributed by atoms with E-state index >= 15 is 0 Å². The molecular weight excluding hydrogens is 327 g/mol. The van der Waals surface area contributed by atoms with Crippen molar-refractivity contribution in [2.45, 2.75) is 24.7 Å². The highest BCUT2D eigenvalue weighted by molar-refractivity contribution is 5.86. The number of halogens is 3. The SMILES string of the molecule is COc1cccc([C@H]2C[C@H](C(F)(F)F)n3nc(C(=O)O)cc3N2)c1. The molecule has 0 amide bonds. The number of methoxy groups -OCH3 is 1. The number of anilines is 1. The third kappa shape index (κ3) is 2.89. The molecule has 0 saturated carbocycles. The van der Waals surface area contributed by atoms with Gasteiger partial charge >= 0.3 is 12.1 Å². The topological polar surface area (TPSA) is 76.4 Å². The fraction of sp³-hybridized carbons (Fsp3) is 0.333.